The van der Waals surface area contributed by atoms with Crippen LogP contribution in [0.5, 0.6) is 0 Å². The van der Waals surface area contributed by atoms with Crippen molar-refractivity contribution in [3.05, 3.63) is 35.2 Å². The highest BCUT2D eigenvalue weighted by Gasteiger charge is 2.43. The number of nitrogens with zero attached hydrogens (tertiary/aromatic N) is 4. The minimum atomic E-state index is -3.64. The second-order valence-corrected chi connectivity index (χ2v) is 9.68. The SMILES string of the molecule is C[C@H]1CN(S(=O)(=O)N(Cc2nnc(-c3ccc(Cl)cc3)o2)C2CC2)C[C@H](C)O1. The molecule has 1 aliphatic carbocycles. The van der Waals surface area contributed by atoms with Crippen LogP contribution in [0.15, 0.2) is 28.7 Å². The summed E-state index contributed by atoms with van der Waals surface area (Å²) >= 11 is 5.91. The highest BCUT2D eigenvalue weighted by Crippen LogP contribution is 2.33. The van der Waals surface area contributed by atoms with Crippen molar-refractivity contribution < 1.29 is 17.6 Å². The molecule has 1 aromatic carbocycles. The Morgan fingerprint density at radius 2 is 1.79 bits per heavy atom. The van der Waals surface area contributed by atoms with E-state index in [0.717, 1.165) is 18.4 Å². The summed E-state index contributed by atoms with van der Waals surface area (Å²) in [5.41, 5.74) is 0.736. The van der Waals surface area contributed by atoms with Crippen LogP contribution in [0.1, 0.15) is 32.6 Å². The zero-order valence-corrected chi connectivity index (χ0v) is 17.4. The molecule has 2 atom stereocenters. The summed E-state index contributed by atoms with van der Waals surface area (Å²) in [5.74, 6) is 0.614. The zero-order chi connectivity index (χ0) is 19.9. The molecule has 1 aromatic heterocycles. The lowest BCUT2D eigenvalue weighted by molar-refractivity contribution is -0.0456. The largest absolute Gasteiger partial charge is 0.419 e. The van der Waals surface area contributed by atoms with Gasteiger partial charge >= 0.3 is 0 Å². The minimum Gasteiger partial charge on any atom is -0.419 e. The highest BCUT2D eigenvalue weighted by atomic mass is 35.5. The van der Waals surface area contributed by atoms with Gasteiger partial charge in [-0.1, -0.05) is 11.6 Å². The van der Waals surface area contributed by atoms with Gasteiger partial charge in [-0.05, 0) is 51.0 Å². The maximum atomic E-state index is 13.3. The lowest BCUT2D eigenvalue weighted by Gasteiger charge is -2.37. The van der Waals surface area contributed by atoms with E-state index in [2.05, 4.69) is 10.2 Å². The van der Waals surface area contributed by atoms with Gasteiger partial charge in [0.05, 0.1) is 18.8 Å². The topological polar surface area (TPSA) is 88.8 Å². The van der Waals surface area contributed by atoms with Gasteiger partial charge in [0.25, 0.3) is 10.2 Å². The number of rotatable bonds is 6. The summed E-state index contributed by atoms with van der Waals surface area (Å²) in [6, 6.07) is 7.02. The van der Waals surface area contributed by atoms with E-state index >= 15 is 0 Å². The van der Waals surface area contributed by atoms with Crippen molar-refractivity contribution in [1.29, 1.82) is 0 Å². The zero-order valence-electron chi connectivity index (χ0n) is 15.8. The standard InChI is InChI=1S/C18H23ClN4O4S/c1-12-9-22(10-13(2)26-12)28(24,25)23(16-7-8-16)11-17-20-21-18(27-17)14-3-5-15(19)6-4-14/h3-6,12-13,16H,7-11H2,1-2H3/t12-,13-/m0/s1. The van der Waals surface area contributed by atoms with E-state index in [1.807, 2.05) is 13.8 Å². The Hall–Kier alpha value is -1.52. The van der Waals surface area contributed by atoms with Crippen molar-refractivity contribution >= 4 is 21.8 Å². The number of hydrogen-bond acceptors (Lipinski definition) is 6. The van der Waals surface area contributed by atoms with Gasteiger partial charge in [0.1, 0.15) is 0 Å². The molecule has 1 saturated carbocycles. The Morgan fingerprint density at radius 3 is 2.39 bits per heavy atom. The van der Waals surface area contributed by atoms with Gasteiger partial charge in [0, 0.05) is 29.7 Å². The molecule has 28 heavy (non-hydrogen) atoms. The van der Waals surface area contributed by atoms with Crippen molar-refractivity contribution in [2.75, 3.05) is 13.1 Å². The quantitative estimate of drug-likeness (QED) is 0.705. The van der Waals surface area contributed by atoms with E-state index < -0.39 is 10.2 Å². The fourth-order valence-corrected chi connectivity index (χ4v) is 5.47. The molecule has 2 aromatic rings. The first-order valence-corrected chi connectivity index (χ1v) is 11.1. The molecule has 2 fully saturated rings. The maximum absolute atomic E-state index is 13.3. The second-order valence-electron chi connectivity index (χ2n) is 7.37. The molecule has 0 N–H and O–H groups in total. The van der Waals surface area contributed by atoms with Crippen LogP contribution in [0.4, 0.5) is 0 Å². The van der Waals surface area contributed by atoms with Gasteiger partial charge in [-0.2, -0.15) is 17.0 Å². The minimum absolute atomic E-state index is 0.0238. The third-order valence-electron chi connectivity index (χ3n) is 4.81. The molecule has 0 unspecified atom stereocenters. The summed E-state index contributed by atoms with van der Waals surface area (Å²) in [4.78, 5) is 0. The highest BCUT2D eigenvalue weighted by molar-refractivity contribution is 7.86. The molecule has 2 heterocycles. The molecule has 10 heteroatoms. The summed E-state index contributed by atoms with van der Waals surface area (Å²) in [6.07, 6.45) is 1.40. The molecule has 0 spiro atoms. The number of ether oxygens (including phenoxy) is 1. The Balaban J connectivity index is 1.54. The molecule has 0 radical (unpaired) electrons. The van der Waals surface area contributed by atoms with E-state index in [4.69, 9.17) is 20.8 Å². The molecular formula is C18H23ClN4O4S. The number of hydrogen-bond donors (Lipinski definition) is 0. The molecular weight excluding hydrogens is 404 g/mol. The molecule has 4 rings (SSSR count). The molecule has 1 aliphatic heterocycles. The van der Waals surface area contributed by atoms with Crippen molar-refractivity contribution in [1.82, 2.24) is 18.8 Å². The van der Waals surface area contributed by atoms with Crippen LogP contribution in [0.25, 0.3) is 11.5 Å². The number of halogens is 1. The third kappa shape index (κ3) is 4.23. The van der Waals surface area contributed by atoms with Crippen LogP contribution in [0.2, 0.25) is 5.02 Å². The lowest BCUT2D eigenvalue weighted by atomic mass is 10.2. The first-order chi connectivity index (χ1) is 13.3. The molecule has 0 bridgehead atoms. The second kappa shape index (κ2) is 7.72. The van der Waals surface area contributed by atoms with Gasteiger partial charge in [-0.3, -0.25) is 0 Å². The van der Waals surface area contributed by atoms with E-state index in [9.17, 15) is 8.42 Å². The van der Waals surface area contributed by atoms with Gasteiger partial charge in [0.2, 0.25) is 11.8 Å². The van der Waals surface area contributed by atoms with Crippen molar-refractivity contribution in [3.63, 3.8) is 0 Å². The average molecular weight is 427 g/mol. The Bertz CT molecular complexity index is 919. The monoisotopic (exact) mass is 426 g/mol. The predicted octanol–water partition coefficient (Wildman–Crippen LogP) is 2.71. The summed E-state index contributed by atoms with van der Waals surface area (Å²) in [7, 11) is -3.64. The normalized spacial score (nSPS) is 24.0. The van der Waals surface area contributed by atoms with Crippen LogP contribution in [0.3, 0.4) is 0 Å². The van der Waals surface area contributed by atoms with Crippen LogP contribution in [0, 0.1) is 0 Å². The Labute approximate surface area is 169 Å². The summed E-state index contributed by atoms with van der Waals surface area (Å²) in [6.45, 7) is 4.52. The van der Waals surface area contributed by atoms with E-state index in [1.165, 1.54) is 8.61 Å². The van der Waals surface area contributed by atoms with Crippen molar-refractivity contribution in [2.24, 2.45) is 0 Å². The molecule has 1 saturated heterocycles. The van der Waals surface area contributed by atoms with Crippen LogP contribution in [-0.2, 0) is 21.5 Å². The van der Waals surface area contributed by atoms with Gasteiger partial charge < -0.3 is 9.15 Å². The molecule has 2 aliphatic rings. The third-order valence-corrected chi connectivity index (χ3v) is 7.03. The Kier molecular flexibility index (Phi) is 5.45. The van der Waals surface area contributed by atoms with Crippen LogP contribution in [-0.4, -0.2) is 58.6 Å². The molecule has 0 amide bonds. The predicted molar refractivity (Wildman–Crippen MR) is 104 cm³/mol. The van der Waals surface area contributed by atoms with Gasteiger partial charge in [0.15, 0.2) is 0 Å². The van der Waals surface area contributed by atoms with E-state index in [1.54, 1.807) is 24.3 Å². The lowest BCUT2D eigenvalue weighted by Crippen LogP contribution is -2.53. The number of morpholine rings is 1. The maximum Gasteiger partial charge on any atom is 0.282 e. The number of benzene rings is 1. The summed E-state index contributed by atoms with van der Waals surface area (Å²) in [5, 5.41) is 8.72. The first-order valence-electron chi connectivity index (χ1n) is 9.33. The van der Waals surface area contributed by atoms with Crippen molar-refractivity contribution in [3.8, 4) is 11.5 Å². The van der Waals surface area contributed by atoms with Crippen LogP contribution >= 0.6 is 11.6 Å². The molecule has 8 nitrogen and oxygen atoms in total. The number of aromatic nitrogens is 2. The van der Waals surface area contributed by atoms with E-state index in [0.29, 0.717) is 24.0 Å². The fourth-order valence-electron chi connectivity index (χ4n) is 3.39. The first kappa shape index (κ1) is 19.8. The smallest absolute Gasteiger partial charge is 0.282 e. The Morgan fingerprint density at radius 1 is 1.14 bits per heavy atom. The van der Waals surface area contributed by atoms with Gasteiger partial charge in [-0.25, -0.2) is 0 Å². The summed E-state index contributed by atoms with van der Waals surface area (Å²) < 4.78 is 40.9. The van der Waals surface area contributed by atoms with Crippen LogP contribution < -0.4 is 0 Å². The molecule has 152 valence electrons. The van der Waals surface area contributed by atoms with Crippen molar-refractivity contribution in [2.45, 2.75) is 51.5 Å². The average Bonchev–Trinajstić information content (AvgIpc) is 3.37. The van der Waals surface area contributed by atoms with Gasteiger partial charge in [-0.15, -0.1) is 10.2 Å². The fraction of sp³-hybridized carbons (Fsp3) is 0.556. The van der Waals surface area contributed by atoms with E-state index in [-0.39, 0.29) is 30.7 Å².